The summed E-state index contributed by atoms with van der Waals surface area (Å²) >= 11 is 0. The molecule has 0 bridgehead atoms. The zero-order chi connectivity index (χ0) is 15.2. The van der Waals surface area contributed by atoms with Gasteiger partial charge in [-0.15, -0.1) is 0 Å². The number of rotatable bonds is 5. The Hall–Kier alpha value is -1.31. The molecule has 1 heterocycles. The van der Waals surface area contributed by atoms with E-state index in [2.05, 4.69) is 10.1 Å². The van der Waals surface area contributed by atoms with Crippen LogP contribution in [0.1, 0.15) is 19.3 Å². The molecule has 0 aromatic carbocycles. The summed E-state index contributed by atoms with van der Waals surface area (Å²) in [6, 6.07) is 0. The summed E-state index contributed by atoms with van der Waals surface area (Å²) in [5.41, 5.74) is 0. The highest BCUT2D eigenvalue weighted by Gasteiger charge is 2.35. The molecule has 1 aliphatic rings. The third-order valence-electron chi connectivity index (χ3n) is 3.18. The highest BCUT2D eigenvalue weighted by Crippen LogP contribution is 2.21. The Bertz CT molecular complexity index is 341. The van der Waals surface area contributed by atoms with E-state index >= 15 is 0 Å². The molecule has 116 valence electrons. The first-order chi connectivity index (χ1) is 9.33. The fourth-order valence-corrected chi connectivity index (χ4v) is 2.14. The number of carbonyl (C=O) groups excluding carboxylic acids is 2. The molecule has 8 heteroatoms. The van der Waals surface area contributed by atoms with Gasteiger partial charge in [-0.3, -0.25) is 9.59 Å². The number of hydrogen-bond acceptors (Lipinski definition) is 4. The van der Waals surface area contributed by atoms with Gasteiger partial charge in [0.25, 0.3) is 0 Å². The summed E-state index contributed by atoms with van der Waals surface area (Å²) in [6.07, 6.45) is -3.67. The molecule has 5 nitrogen and oxygen atoms in total. The van der Waals surface area contributed by atoms with Crippen molar-refractivity contribution < 1.29 is 27.5 Å². The smallest absolute Gasteiger partial charge is 0.406 e. The molecule has 1 fully saturated rings. The number of ether oxygens (including phenoxy) is 1. The van der Waals surface area contributed by atoms with Crippen LogP contribution < -0.4 is 5.32 Å². The molecule has 0 radical (unpaired) electrons. The van der Waals surface area contributed by atoms with Gasteiger partial charge in [0.1, 0.15) is 6.54 Å². The van der Waals surface area contributed by atoms with Crippen LogP contribution in [0.15, 0.2) is 0 Å². The molecule has 0 aliphatic carbocycles. The number of amides is 1. The summed E-state index contributed by atoms with van der Waals surface area (Å²) in [7, 11) is 1.16. The minimum Gasteiger partial charge on any atom is -0.469 e. The Balaban J connectivity index is 2.64. The summed E-state index contributed by atoms with van der Waals surface area (Å²) < 4.78 is 41.9. The molecule has 1 rings (SSSR count). The molecule has 0 atom stereocenters. The SMILES string of the molecule is COC(=O)CCN(CC(F)(F)F)C(=O)C1CCNCC1. The maximum atomic E-state index is 12.5. The molecule has 0 spiro atoms. The van der Waals surface area contributed by atoms with E-state index < -0.39 is 30.5 Å². The van der Waals surface area contributed by atoms with Gasteiger partial charge >= 0.3 is 12.1 Å². The minimum absolute atomic E-state index is 0.233. The topological polar surface area (TPSA) is 58.6 Å². The molecule has 1 saturated heterocycles. The van der Waals surface area contributed by atoms with Gasteiger partial charge in [0, 0.05) is 12.5 Å². The number of esters is 1. The van der Waals surface area contributed by atoms with Crippen LogP contribution in [-0.2, 0) is 14.3 Å². The van der Waals surface area contributed by atoms with Crippen molar-refractivity contribution in [1.29, 1.82) is 0 Å². The average molecular weight is 296 g/mol. The first kappa shape index (κ1) is 16.7. The largest absolute Gasteiger partial charge is 0.469 e. The standard InChI is InChI=1S/C12H19F3N2O3/c1-20-10(18)4-7-17(8-12(13,14)15)11(19)9-2-5-16-6-3-9/h9,16H,2-8H2,1H3. The van der Waals surface area contributed by atoms with Crippen molar-refractivity contribution in [1.82, 2.24) is 10.2 Å². The van der Waals surface area contributed by atoms with Gasteiger partial charge in [-0.1, -0.05) is 0 Å². The molecule has 0 saturated carbocycles. The van der Waals surface area contributed by atoms with E-state index in [1.165, 1.54) is 0 Å². The summed E-state index contributed by atoms with van der Waals surface area (Å²) in [6.45, 7) is -0.359. The van der Waals surface area contributed by atoms with E-state index in [-0.39, 0.29) is 13.0 Å². The summed E-state index contributed by atoms with van der Waals surface area (Å²) in [5, 5.41) is 3.05. The number of alkyl halides is 3. The van der Waals surface area contributed by atoms with E-state index in [1.54, 1.807) is 0 Å². The van der Waals surface area contributed by atoms with Crippen molar-refractivity contribution in [3.05, 3.63) is 0 Å². The van der Waals surface area contributed by atoms with E-state index in [0.29, 0.717) is 30.8 Å². The van der Waals surface area contributed by atoms with Gasteiger partial charge in [-0.05, 0) is 25.9 Å². The van der Waals surface area contributed by atoms with Crippen LogP contribution in [0.3, 0.4) is 0 Å². The van der Waals surface area contributed by atoms with E-state index in [1.807, 2.05) is 0 Å². The molecule has 0 aromatic rings. The summed E-state index contributed by atoms with van der Waals surface area (Å²) in [4.78, 5) is 23.9. The van der Waals surface area contributed by atoms with Gasteiger partial charge in [0.15, 0.2) is 0 Å². The third-order valence-corrected chi connectivity index (χ3v) is 3.18. The lowest BCUT2D eigenvalue weighted by Gasteiger charge is -2.30. The number of halogens is 3. The number of methoxy groups -OCH3 is 1. The van der Waals surface area contributed by atoms with Crippen LogP contribution >= 0.6 is 0 Å². The molecule has 1 N–H and O–H groups in total. The quantitative estimate of drug-likeness (QED) is 0.767. The first-order valence-electron chi connectivity index (χ1n) is 6.46. The second-order valence-corrected chi connectivity index (χ2v) is 4.73. The zero-order valence-corrected chi connectivity index (χ0v) is 11.3. The fraction of sp³-hybridized carbons (Fsp3) is 0.833. The van der Waals surface area contributed by atoms with Crippen LogP contribution in [0, 0.1) is 5.92 Å². The van der Waals surface area contributed by atoms with Gasteiger partial charge < -0.3 is 15.0 Å². The first-order valence-corrected chi connectivity index (χ1v) is 6.46. The lowest BCUT2D eigenvalue weighted by atomic mass is 9.96. The third kappa shape index (κ3) is 5.77. The minimum atomic E-state index is -4.47. The Morgan fingerprint density at radius 3 is 2.40 bits per heavy atom. The van der Waals surface area contributed by atoms with Crippen molar-refractivity contribution in [2.45, 2.75) is 25.4 Å². The van der Waals surface area contributed by atoms with Gasteiger partial charge in [-0.2, -0.15) is 13.2 Å². The predicted octanol–water partition coefficient (Wildman–Crippen LogP) is 0.940. The molecule has 1 amide bonds. The molecular weight excluding hydrogens is 277 g/mol. The number of piperidine rings is 1. The Kier molecular flexibility index (Phi) is 6.25. The zero-order valence-electron chi connectivity index (χ0n) is 11.3. The van der Waals surface area contributed by atoms with Crippen molar-refractivity contribution >= 4 is 11.9 Å². The molecule has 0 aromatic heterocycles. The monoisotopic (exact) mass is 296 g/mol. The maximum Gasteiger partial charge on any atom is 0.406 e. The number of hydrogen-bond donors (Lipinski definition) is 1. The van der Waals surface area contributed by atoms with Crippen LogP contribution in [0.25, 0.3) is 0 Å². The number of carbonyl (C=O) groups is 2. The number of nitrogens with zero attached hydrogens (tertiary/aromatic N) is 1. The second-order valence-electron chi connectivity index (χ2n) is 4.73. The highest BCUT2D eigenvalue weighted by molar-refractivity contribution is 5.79. The van der Waals surface area contributed by atoms with Gasteiger partial charge in [0.2, 0.25) is 5.91 Å². The van der Waals surface area contributed by atoms with Crippen molar-refractivity contribution in [3.8, 4) is 0 Å². The highest BCUT2D eigenvalue weighted by atomic mass is 19.4. The second kappa shape index (κ2) is 7.47. The average Bonchev–Trinajstić information content (AvgIpc) is 2.42. The maximum absolute atomic E-state index is 12.5. The lowest BCUT2D eigenvalue weighted by Crippen LogP contribution is -2.45. The van der Waals surface area contributed by atoms with Gasteiger partial charge in [0.05, 0.1) is 13.5 Å². The predicted molar refractivity (Wildman–Crippen MR) is 64.9 cm³/mol. The van der Waals surface area contributed by atoms with E-state index in [9.17, 15) is 22.8 Å². The van der Waals surface area contributed by atoms with Crippen LogP contribution in [0.2, 0.25) is 0 Å². The van der Waals surface area contributed by atoms with Crippen LogP contribution in [0.4, 0.5) is 13.2 Å². The Morgan fingerprint density at radius 2 is 1.90 bits per heavy atom. The van der Waals surface area contributed by atoms with Crippen molar-refractivity contribution in [3.63, 3.8) is 0 Å². The van der Waals surface area contributed by atoms with Crippen LogP contribution in [0.5, 0.6) is 0 Å². The molecule has 0 unspecified atom stereocenters. The van der Waals surface area contributed by atoms with E-state index in [4.69, 9.17) is 0 Å². The van der Waals surface area contributed by atoms with E-state index in [0.717, 1.165) is 7.11 Å². The molecule has 1 aliphatic heterocycles. The van der Waals surface area contributed by atoms with Crippen molar-refractivity contribution in [2.24, 2.45) is 5.92 Å². The summed E-state index contributed by atoms with van der Waals surface area (Å²) in [5.74, 6) is -1.57. The number of nitrogens with one attached hydrogen (secondary N) is 1. The lowest BCUT2D eigenvalue weighted by molar-refractivity contribution is -0.165. The van der Waals surface area contributed by atoms with Gasteiger partial charge in [-0.25, -0.2) is 0 Å². The van der Waals surface area contributed by atoms with Crippen molar-refractivity contribution in [2.75, 3.05) is 33.3 Å². The molecular formula is C12H19F3N2O3. The Morgan fingerprint density at radius 1 is 1.30 bits per heavy atom. The Labute approximate surface area is 115 Å². The fourth-order valence-electron chi connectivity index (χ4n) is 2.14. The van der Waals surface area contributed by atoms with Crippen LogP contribution in [-0.4, -0.2) is 56.2 Å². The normalized spacial score (nSPS) is 16.8. The molecule has 20 heavy (non-hydrogen) atoms.